The van der Waals surface area contributed by atoms with Crippen molar-refractivity contribution in [3.05, 3.63) is 64.9 Å². The van der Waals surface area contributed by atoms with Gasteiger partial charge in [-0.15, -0.1) is 0 Å². The number of benzene rings is 2. The van der Waals surface area contributed by atoms with Gasteiger partial charge in [-0.2, -0.15) is 0 Å². The van der Waals surface area contributed by atoms with E-state index in [1.807, 2.05) is 0 Å². The number of para-hydroxylation sites is 1. The van der Waals surface area contributed by atoms with E-state index in [0.717, 1.165) is 0 Å². The Labute approximate surface area is 122 Å². The van der Waals surface area contributed by atoms with Crippen LogP contribution in [0.2, 0.25) is 5.02 Å². The van der Waals surface area contributed by atoms with Crippen molar-refractivity contribution in [1.29, 1.82) is 0 Å². The molecule has 0 unspecified atom stereocenters. The second-order valence-corrected chi connectivity index (χ2v) is 4.76. The fourth-order valence-electron chi connectivity index (χ4n) is 1.73. The summed E-state index contributed by atoms with van der Waals surface area (Å²) in [7, 11) is 1.60. The zero-order chi connectivity index (χ0) is 14.5. The molecule has 0 aliphatic carbocycles. The molecule has 1 N–H and O–H groups in total. The van der Waals surface area contributed by atoms with Crippen LogP contribution in [0.5, 0.6) is 0 Å². The van der Waals surface area contributed by atoms with Crippen LogP contribution in [-0.4, -0.2) is 18.0 Å². The maximum absolute atomic E-state index is 13.5. The van der Waals surface area contributed by atoms with Crippen LogP contribution in [0, 0.1) is 5.82 Å². The van der Waals surface area contributed by atoms with Gasteiger partial charge in [0.1, 0.15) is 5.82 Å². The van der Waals surface area contributed by atoms with E-state index >= 15 is 0 Å². The zero-order valence-corrected chi connectivity index (χ0v) is 11.7. The second kappa shape index (κ2) is 6.39. The predicted octanol–water partition coefficient (Wildman–Crippen LogP) is 4.14. The molecule has 0 saturated carbocycles. The average molecular weight is 293 g/mol. The van der Waals surface area contributed by atoms with E-state index < -0.39 is 0 Å². The predicted molar refractivity (Wildman–Crippen MR) is 78.3 cm³/mol. The molecular weight excluding hydrogens is 279 g/mol. The molecule has 2 aromatic rings. The van der Waals surface area contributed by atoms with Gasteiger partial charge in [-0.05, 0) is 18.2 Å². The van der Waals surface area contributed by atoms with Crippen molar-refractivity contribution in [2.45, 2.75) is 6.54 Å². The van der Waals surface area contributed by atoms with Crippen molar-refractivity contribution in [1.82, 2.24) is 4.90 Å². The average Bonchev–Trinajstić information content (AvgIpc) is 2.43. The Balaban J connectivity index is 2.03. The molecule has 0 fully saturated rings. The highest BCUT2D eigenvalue weighted by atomic mass is 35.5. The third kappa shape index (κ3) is 3.48. The van der Waals surface area contributed by atoms with Gasteiger partial charge in [-0.3, -0.25) is 0 Å². The van der Waals surface area contributed by atoms with Gasteiger partial charge in [0.05, 0.1) is 10.7 Å². The minimum atomic E-state index is -0.346. The number of carbonyl (C=O) groups is 1. The van der Waals surface area contributed by atoms with Gasteiger partial charge in [0, 0.05) is 19.2 Å². The summed E-state index contributed by atoms with van der Waals surface area (Å²) in [6.45, 7) is 0.183. The van der Waals surface area contributed by atoms with Gasteiger partial charge in [-0.25, -0.2) is 9.18 Å². The Bertz CT molecular complexity index is 618. The number of carbonyl (C=O) groups excluding carboxylic acids is 1. The summed E-state index contributed by atoms with van der Waals surface area (Å²) in [5.41, 5.74) is 0.990. The summed E-state index contributed by atoms with van der Waals surface area (Å²) in [6.07, 6.45) is 0. The van der Waals surface area contributed by atoms with Crippen LogP contribution in [-0.2, 0) is 6.54 Å². The van der Waals surface area contributed by atoms with Gasteiger partial charge in [0.25, 0.3) is 0 Å². The molecule has 0 aromatic heterocycles. The number of nitrogens with zero attached hydrogens (tertiary/aromatic N) is 1. The molecule has 104 valence electrons. The molecule has 0 spiro atoms. The topological polar surface area (TPSA) is 32.3 Å². The van der Waals surface area contributed by atoms with Gasteiger partial charge >= 0.3 is 6.03 Å². The Morgan fingerprint density at radius 1 is 1.20 bits per heavy atom. The number of urea groups is 1. The number of hydrogen-bond donors (Lipinski definition) is 1. The molecule has 2 amide bonds. The quantitative estimate of drug-likeness (QED) is 0.906. The summed E-state index contributed by atoms with van der Waals surface area (Å²) in [4.78, 5) is 13.4. The smallest absolute Gasteiger partial charge is 0.321 e. The molecule has 0 saturated heterocycles. The number of rotatable bonds is 3. The second-order valence-electron chi connectivity index (χ2n) is 4.36. The van der Waals surface area contributed by atoms with Crippen molar-refractivity contribution in [2.24, 2.45) is 0 Å². The number of anilines is 1. The van der Waals surface area contributed by atoms with Gasteiger partial charge < -0.3 is 10.2 Å². The maximum atomic E-state index is 13.5. The first-order valence-electron chi connectivity index (χ1n) is 6.08. The van der Waals surface area contributed by atoms with Crippen molar-refractivity contribution in [2.75, 3.05) is 12.4 Å². The lowest BCUT2D eigenvalue weighted by molar-refractivity contribution is 0.220. The van der Waals surface area contributed by atoms with Crippen molar-refractivity contribution >= 4 is 23.3 Å². The number of hydrogen-bond acceptors (Lipinski definition) is 1. The fourth-order valence-corrected chi connectivity index (χ4v) is 1.91. The normalized spacial score (nSPS) is 10.2. The summed E-state index contributed by atoms with van der Waals surface area (Å²) in [5.74, 6) is -0.329. The molecule has 0 heterocycles. The van der Waals surface area contributed by atoms with E-state index in [-0.39, 0.29) is 18.4 Å². The zero-order valence-electron chi connectivity index (χ0n) is 10.9. The van der Waals surface area contributed by atoms with Crippen LogP contribution in [0.1, 0.15) is 5.56 Å². The van der Waals surface area contributed by atoms with E-state index in [1.165, 1.54) is 11.0 Å². The molecule has 0 aliphatic rings. The minimum Gasteiger partial charge on any atom is -0.323 e. The van der Waals surface area contributed by atoms with Crippen molar-refractivity contribution in [3.8, 4) is 0 Å². The lowest BCUT2D eigenvalue weighted by Gasteiger charge is -2.18. The van der Waals surface area contributed by atoms with Gasteiger partial charge in [-0.1, -0.05) is 41.9 Å². The monoisotopic (exact) mass is 292 g/mol. The molecule has 0 aliphatic heterocycles. The van der Waals surface area contributed by atoms with Crippen LogP contribution in [0.4, 0.5) is 14.9 Å². The maximum Gasteiger partial charge on any atom is 0.321 e. The number of nitrogens with one attached hydrogen (secondary N) is 1. The van der Waals surface area contributed by atoms with Crippen LogP contribution in [0.25, 0.3) is 0 Å². The summed E-state index contributed by atoms with van der Waals surface area (Å²) < 4.78 is 13.5. The van der Waals surface area contributed by atoms with Crippen molar-refractivity contribution < 1.29 is 9.18 Å². The van der Waals surface area contributed by atoms with E-state index in [0.29, 0.717) is 16.3 Å². The first kappa shape index (κ1) is 14.3. The standard InChI is InChI=1S/C15H14ClFN2O/c1-19(10-11-6-2-4-8-13(11)17)15(20)18-14-9-5-3-7-12(14)16/h2-9H,10H2,1H3,(H,18,20). The molecule has 20 heavy (non-hydrogen) atoms. The van der Waals surface area contributed by atoms with Crippen LogP contribution >= 0.6 is 11.6 Å². The van der Waals surface area contributed by atoms with E-state index in [4.69, 9.17) is 11.6 Å². The molecule has 0 atom stereocenters. The largest absolute Gasteiger partial charge is 0.323 e. The SMILES string of the molecule is CN(Cc1ccccc1F)C(=O)Nc1ccccc1Cl. The van der Waals surface area contributed by atoms with Gasteiger partial charge in [0.2, 0.25) is 0 Å². The molecule has 0 bridgehead atoms. The number of halogens is 2. The highest BCUT2D eigenvalue weighted by Gasteiger charge is 2.12. The Hall–Kier alpha value is -2.07. The Morgan fingerprint density at radius 3 is 2.55 bits per heavy atom. The molecule has 5 heteroatoms. The van der Waals surface area contributed by atoms with Crippen molar-refractivity contribution in [3.63, 3.8) is 0 Å². The Kier molecular flexibility index (Phi) is 4.58. The van der Waals surface area contributed by atoms with E-state index in [9.17, 15) is 9.18 Å². The molecule has 3 nitrogen and oxygen atoms in total. The molecule has 2 aromatic carbocycles. The lowest BCUT2D eigenvalue weighted by Crippen LogP contribution is -2.31. The van der Waals surface area contributed by atoms with Crippen LogP contribution < -0.4 is 5.32 Å². The number of amides is 2. The fraction of sp³-hybridized carbons (Fsp3) is 0.133. The first-order valence-corrected chi connectivity index (χ1v) is 6.46. The van der Waals surface area contributed by atoms with E-state index in [1.54, 1.807) is 49.5 Å². The third-order valence-electron chi connectivity index (χ3n) is 2.83. The lowest BCUT2D eigenvalue weighted by atomic mass is 10.2. The summed E-state index contributed by atoms with van der Waals surface area (Å²) in [6, 6.07) is 13.0. The highest BCUT2D eigenvalue weighted by Crippen LogP contribution is 2.21. The third-order valence-corrected chi connectivity index (χ3v) is 3.16. The molecular formula is C15H14ClFN2O. The minimum absolute atomic E-state index is 0.183. The van der Waals surface area contributed by atoms with E-state index in [2.05, 4.69) is 5.32 Å². The van der Waals surface area contributed by atoms with Crippen LogP contribution in [0.3, 0.4) is 0 Å². The summed E-state index contributed by atoms with van der Waals surface area (Å²) >= 11 is 5.97. The summed E-state index contributed by atoms with van der Waals surface area (Å²) in [5, 5.41) is 3.14. The van der Waals surface area contributed by atoms with Crippen LogP contribution in [0.15, 0.2) is 48.5 Å². The molecule has 0 radical (unpaired) electrons. The van der Waals surface area contributed by atoms with Gasteiger partial charge in [0.15, 0.2) is 0 Å². The highest BCUT2D eigenvalue weighted by molar-refractivity contribution is 6.33. The first-order chi connectivity index (χ1) is 9.58. The Morgan fingerprint density at radius 2 is 1.85 bits per heavy atom. The molecule has 2 rings (SSSR count).